The molecule has 0 atom stereocenters. The quantitative estimate of drug-likeness (QED) is 0.797. The molecule has 3 aromatic heterocycles. The molecular formula is C15H12Cl2N4O. The number of halogens is 2. The molecule has 3 heterocycles. The van der Waals surface area contributed by atoms with Crippen LogP contribution in [0.1, 0.15) is 16.1 Å². The first-order valence-corrected chi connectivity index (χ1v) is 7.40. The number of nitrogens with zero attached hydrogens (tertiary/aromatic N) is 3. The van der Waals surface area contributed by atoms with Crippen LogP contribution in [0.25, 0.3) is 5.65 Å². The minimum Gasteiger partial charge on any atom is -0.352 e. The van der Waals surface area contributed by atoms with E-state index >= 15 is 0 Å². The lowest BCUT2D eigenvalue weighted by Crippen LogP contribution is -2.25. The van der Waals surface area contributed by atoms with E-state index < -0.39 is 0 Å². The second-order valence-corrected chi connectivity index (χ2v) is 5.55. The van der Waals surface area contributed by atoms with E-state index in [-0.39, 0.29) is 5.91 Å². The van der Waals surface area contributed by atoms with Crippen LogP contribution in [0.2, 0.25) is 10.0 Å². The van der Waals surface area contributed by atoms with Crippen LogP contribution >= 0.6 is 23.2 Å². The number of aromatic nitrogens is 3. The standard InChI is InChI=1S/C15H12Cl2N4O/c16-11-7-13(17)14-20-12(9-21(14)8-11)3-6-19-15(22)10-1-4-18-5-2-10/h1-2,4-5,7-9H,3,6H2,(H,19,22). The Hall–Kier alpha value is -2.11. The molecule has 5 nitrogen and oxygen atoms in total. The van der Waals surface area contributed by atoms with Crippen molar-refractivity contribution in [3.05, 3.63) is 64.3 Å². The maximum Gasteiger partial charge on any atom is 0.251 e. The first kappa shape index (κ1) is 14.8. The number of carbonyl (C=O) groups is 1. The van der Waals surface area contributed by atoms with Gasteiger partial charge >= 0.3 is 0 Å². The van der Waals surface area contributed by atoms with E-state index in [0.717, 1.165) is 5.69 Å². The number of pyridine rings is 2. The maximum atomic E-state index is 11.9. The normalized spacial score (nSPS) is 10.8. The van der Waals surface area contributed by atoms with Gasteiger partial charge in [-0.2, -0.15) is 0 Å². The van der Waals surface area contributed by atoms with E-state index in [0.29, 0.717) is 34.2 Å². The molecule has 0 spiro atoms. The van der Waals surface area contributed by atoms with Crippen LogP contribution in [0.5, 0.6) is 0 Å². The number of fused-ring (bicyclic) bond motifs is 1. The molecule has 1 N–H and O–H groups in total. The van der Waals surface area contributed by atoms with E-state index in [4.69, 9.17) is 23.2 Å². The zero-order valence-corrected chi connectivity index (χ0v) is 13.0. The SMILES string of the molecule is O=C(NCCc1cn2cc(Cl)cc(Cl)c2n1)c1ccncc1. The molecule has 0 fully saturated rings. The fraction of sp³-hybridized carbons (Fsp3) is 0.133. The summed E-state index contributed by atoms with van der Waals surface area (Å²) >= 11 is 12.0. The molecule has 1 amide bonds. The summed E-state index contributed by atoms with van der Waals surface area (Å²) in [6.07, 6.45) is 7.37. The number of nitrogens with one attached hydrogen (secondary N) is 1. The highest BCUT2D eigenvalue weighted by atomic mass is 35.5. The topological polar surface area (TPSA) is 59.3 Å². The Morgan fingerprint density at radius 1 is 1.23 bits per heavy atom. The van der Waals surface area contributed by atoms with E-state index in [1.807, 2.05) is 6.20 Å². The van der Waals surface area contributed by atoms with Gasteiger partial charge in [-0.05, 0) is 18.2 Å². The lowest BCUT2D eigenvalue weighted by molar-refractivity contribution is 0.0954. The maximum absolute atomic E-state index is 11.9. The smallest absolute Gasteiger partial charge is 0.251 e. The molecule has 3 aromatic rings. The van der Waals surface area contributed by atoms with Crippen molar-refractivity contribution in [3.63, 3.8) is 0 Å². The van der Waals surface area contributed by atoms with Crippen molar-refractivity contribution in [3.8, 4) is 0 Å². The Morgan fingerprint density at radius 2 is 2.00 bits per heavy atom. The Kier molecular flexibility index (Phi) is 4.27. The summed E-state index contributed by atoms with van der Waals surface area (Å²) in [5, 5.41) is 3.89. The molecule has 0 saturated carbocycles. The van der Waals surface area contributed by atoms with Crippen LogP contribution in [-0.2, 0) is 6.42 Å². The molecule has 0 saturated heterocycles. The minimum absolute atomic E-state index is 0.132. The summed E-state index contributed by atoms with van der Waals surface area (Å²) in [4.78, 5) is 20.2. The Morgan fingerprint density at radius 3 is 2.77 bits per heavy atom. The Labute approximate surface area is 136 Å². The van der Waals surface area contributed by atoms with Crippen molar-refractivity contribution >= 4 is 34.8 Å². The molecule has 0 bridgehead atoms. The van der Waals surface area contributed by atoms with Crippen molar-refractivity contribution in [1.29, 1.82) is 0 Å². The summed E-state index contributed by atoms with van der Waals surface area (Å²) in [5.74, 6) is -0.132. The highest BCUT2D eigenvalue weighted by Crippen LogP contribution is 2.21. The van der Waals surface area contributed by atoms with Gasteiger partial charge in [0.25, 0.3) is 5.91 Å². The van der Waals surface area contributed by atoms with E-state index in [9.17, 15) is 4.79 Å². The average Bonchev–Trinajstić information content (AvgIpc) is 2.91. The van der Waals surface area contributed by atoms with Crippen molar-refractivity contribution in [2.45, 2.75) is 6.42 Å². The number of hydrogen-bond donors (Lipinski definition) is 1. The highest BCUT2D eigenvalue weighted by molar-refractivity contribution is 6.36. The molecule has 0 unspecified atom stereocenters. The molecule has 0 aliphatic rings. The largest absolute Gasteiger partial charge is 0.352 e. The molecule has 0 aliphatic carbocycles. The molecule has 7 heteroatoms. The van der Waals surface area contributed by atoms with Crippen LogP contribution in [0.3, 0.4) is 0 Å². The van der Waals surface area contributed by atoms with Gasteiger partial charge in [0, 0.05) is 43.3 Å². The van der Waals surface area contributed by atoms with Crippen LogP contribution < -0.4 is 5.32 Å². The summed E-state index contributed by atoms with van der Waals surface area (Å²) in [7, 11) is 0. The minimum atomic E-state index is -0.132. The Balaban J connectivity index is 1.65. The van der Waals surface area contributed by atoms with Crippen LogP contribution in [0.15, 0.2) is 43.0 Å². The first-order chi connectivity index (χ1) is 10.6. The number of imidazole rings is 1. The zero-order valence-electron chi connectivity index (χ0n) is 11.5. The van der Waals surface area contributed by atoms with E-state index in [1.165, 1.54) is 0 Å². The molecule has 112 valence electrons. The lowest BCUT2D eigenvalue weighted by atomic mass is 10.2. The van der Waals surface area contributed by atoms with E-state index in [2.05, 4.69) is 15.3 Å². The molecular weight excluding hydrogens is 323 g/mol. The number of rotatable bonds is 4. The van der Waals surface area contributed by atoms with Gasteiger partial charge < -0.3 is 9.72 Å². The second kappa shape index (κ2) is 6.34. The van der Waals surface area contributed by atoms with E-state index in [1.54, 1.807) is 41.2 Å². The highest BCUT2D eigenvalue weighted by Gasteiger charge is 2.08. The van der Waals surface area contributed by atoms with Crippen LogP contribution in [-0.4, -0.2) is 26.8 Å². The first-order valence-electron chi connectivity index (χ1n) is 6.64. The van der Waals surface area contributed by atoms with Gasteiger partial charge in [-0.1, -0.05) is 23.2 Å². The molecule has 0 aliphatic heterocycles. The fourth-order valence-electron chi connectivity index (χ4n) is 2.11. The lowest BCUT2D eigenvalue weighted by Gasteiger charge is -2.03. The molecule has 3 rings (SSSR count). The monoisotopic (exact) mass is 334 g/mol. The third-order valence-corrected chi connectivity index (χ3v) is 3.62. The van der Waals surface area contributed by atoms with Crippen LogP contribution in [0, 0.1) is 0 Å². The van der Waals surface area contributed by atoms with Crippen molar-refractivity contribution < 1.29 is 4.79 Å². The average molecular weight is 335 g/mol. The summed E-state index contributed by atoms with van der Waals surface area (Å²) < 4.78 is 1.78. The van der Waals surface area contributed by atoms with Crippen LogP contribution in [0.4, 0.5) is 0 Å². The second-order valence-electron chi connectivity index (χ2n) is 4.71. The number of hydrogen-bond acceptors (Lipinski definition) is 3. The molecule has 22 heavy (non-hydrogen) atoms. The Bertz CT molecular complexity index is 817. The van der Waals surface area contributed by atoms with Gasteiger partial charge in [0.1, 0.15) is 0 Å². The molecule has 0 radical (unpaired) electrons. The summed E-state index contributed by atoms with van der Waals surface area (Å²) in [5.41, 5.74) is 2.07. The number of amides is 1. The predicted octanol–water partition coefficient (Wildman–Crippen LogP) is 3.01. The molecule has 0 aromatic carbocycles. The predicted molar refractivity (Wildman–Crippen MR) is 85.5 cm³/mol. The van der Waals surface area contributed by atoms with Gasteiger partial charge in [-0.15, -0.1) is 0 Å². The van der Waals surface area contributed by atoms with Crippen molar-refractivity contribution in [1.82, 2.24) is 19.7 Å². The van der Waals surface area contributed by atoms with Gasteiger partial charge in [0.05, 0.1) is 15.7 Å². The van der Waals surface area contributed by atoms with Gasteiger partial charge in [-0.3, -0.25) is 9.78 Å². The summed E-state index contributed by atoms with van der Waals surface area (Å²) in [6, 6.07) is 4.99. The third-order valence-electron chi connectivity index (χ3n) is 3.13. The van der Waals surface area contributed by atoms with Gasteiger partial charge in [-0.25, -0.2) is 4.98 Å². The van der Waals surface area contributed by atoms with Gasteiger partial charge in [0.15, 0.2) is 5.65 Å². The van der Waals surface area contributed by atoms with Gasteiger partial charge in [0.2, 0.25) is 0 Å². The zero-order chi connectivity index (χ0) is 15.5. The van der Waals surface area contributed by atoms with Crippen molar-refractivity contribution in [2.24, 2.45) is 0 Å². The third kappa shape index (κ3) is 3.21. The fourth-order valence-corrected chi connectivity index (χ4v) is 2.63. The van der Waals surface area contributed by atoms with Crippen molar-refractivity contribution in [2.75, 3.05) is 6.54 Å². The number of carbonyl (C=O) groups excluding carboxylic acids is 1. The summed E-state index contributed by atoms with van der Waals surface area (Å²) in [6.45, 7) is 0.483.